The van der Waals surface area contributed by atoms with Crippen LogP contribution in [0.25, 0.3) is 0 Å². The summed E-state index contributed by atoms with van der Waals surface area (Å²) in [5.41, 5.74) is 1.72. The molecule has 4 fully saturated rings. The Morgan fingerprint density at radius 1 is 1.00 bits per heavy atom. The fourth-order valence-electron chi connectivity index (χ4n) is 8.03. The van der Waals surface area contributed by atoms with Gasteiger partial charge in [0.25, 0.3) is 0 Å². The lowest BCUT2D eigenvalue weighted by Crippen LogP contribution is -2.63. The van der Waals surface area contributed by atoms with Crippen molar-refractivity contribution >= 4 is 21.9 Å². The second kappa shape index (κ2) is 7.64. The number of fused-ring (bicyclic) bond motifs is 5. The maximum Gasteiger partial charge on any atom is 0.336 e. The number of carbonyl (C=O) groups is 1. The number of benzene rings is 1. The van der Waals surface area contributed by atoms with Crippen LogP contribution in [-0.2, 0) is 23.7 Å². The summed E-state index contributed by atoms with van der Waals surface area (Å²) in [5.74, 6) is 0.706. The lowest BCUT2D eigenvalue weighted by molar-refractivity contribution is -0.314. The third-order valence-corrected chi connectivity index (χ3v) is 10.2. The van der Waals surface area contributed by atoms with Crippen LogP contribution in [0.15, 0.2) is 40.4 Å². The average molecular weight is 517 g/mol. The normalized spacial score (nSPS) is 46.7. The number of rotatable bonds is 2. The monoisotopic (exact) mass is 516 g/mol. The van der Waals surface area contributed by atoms with Crippen LogP contribution in [0.4, 0.5) is 0 Å². The van der Waals surface area contributed by atoms with E-state index in [1.54, 1.807) is 0 Å². The molecule has 6 rings (SSSR count). The Kier molecular flexibility index (Phi) is 5.16. The molecule has 5 aliphatic rings. The predicted octanol–water partition coefficient (Wildman–Crippen LogP) is 5.73. The molecule has 3 heterocycles. The van der Waals surface area contributed by atoms with Gasteiger partial charge in [0.15, 0.2) is 6.29 Å². The number of hydrogen-bond donors (Lipinski definition) is 0. The fraction of sp³-hybridized carbons (Fsp3) is 0.667. The molecular formula is C27H33BrO5. The lowest BCUT2D eigenvalue weighted by Gasteiger charge is -2.64. The highest BCUT2D eigenvalue weighted by Gasteiger charge is 2.66. The van der Waals surface area contributed by atoms with Crippen molar-refractivity contribution in [2.24, 2.45) is 22.7 Å². The molecule has 3 unspecified atom stereocenters. The van der Waals surface area contributed by atoms with Gasteiger partial charge in [0.05, 0.1) is 30.0 Å². The van der Waals surface area contributed by atoms with Crippen molar-refractivity contribution in [2.75, 3.05) is 13.2 Å². The van der Waals surface area contributed by atoms with Gasteiger partial charge in [0, 0.05) is 15.5 Å². The molecule has 1 aromatic carbocycles. The highest BCUT2D eigenvalue weighted by molar-refractivity contribution is 9.10. The summed E-state index contributed by atoms with van der Waals surface area (Å²) in [5, 5.41) is 0. The van der Waals surface area contributed by atoms with Gasteiger partial charge in [-0.25, -0.2) is 4.79 Å². The van der Waals surface area contributed by atoms with Gasteiger partial charge in [-0.15, -0.1) is 0 Å². The van der Waals surface area contributed by atoms with Gasteiger partial charge in [-0.05, 0) is 74.5 Å². The highest BCUT2D eigenvalue weighted by Crippen LogP contribution is 2.67. The zero-order valence-electron chi connectivity index (χ0n) is 19.6. The van der Waals surface area contributed by atoms with Crippen LogP contribution in [0.5, 0.6) is 0 Å². The maximum absolute atomic E-state index is 12.2. The Morgan fingerprint density at radius 3 is 2.52 bits per heavy atom. The average Bonchev–Trinajstić information content (AvgIpc) is 3.37. The standard InChI is InChI=1S/C27H33BrO5/c1-25-11-9-22-26(2,15-31-24(32-22)16-4-6-17(28)7-5-16)20(25)8-12-27(3)21(25)14-19(33-27)18-10-13-30-23(18)29/h4-7,10,19-22,24H,8-9,11-15H2,1-3H3/t19?,20-,21-,22+,24?,25+,26-,27?/m0/s1. The van der Waals surface area contributed by atoms with Crippen molar-refractivity contribution in [1.82, 2.24) is 0 Å². The van der Waals surface area contributed by atoms with E-state index in [0.29, 0.717) is 25.0 Å². The molecule has 6 heteroatoms. The smallest absolute Gasteiger partial charge is 0.336 e. The first-order chi connectivity index (χ1) is 15.7. The van der Waals surface area contributed by atoms with Crippen molar-refractivity contribution in [3.05, 3.63) is 46.0 Å². The van der Waals surface area contributed by atoms with Crippen molar-refractivity contribution in [3.8, 4) is 0 Å². The summed E-state index contributed by atoms with van der Waals surface area (Å²) >= 11 is 3.51. The van der Waals surface area contributed by atoms with Crippen molar-refractivity contribution in [2.45, 2.75) is 77.0 Å². The SMILES string of the molecule is CC12CC[C@@H]3[C@]4(C)COC(c5ccc(Br)cc5)O[C@@H]4CC[C@@]3(C)[C@@H]1CC(C1=CCOC1=O)O2. The molecule has 33 heavy (non-hydrogen) atoms. The van der Waals surface area contributed by atoms with E-state index in [4.69, 9.17) is 18.9 Å². The van der Waals surface area contributed by atoms with Gasteiger partial charge < -0.3 is 18.9 Å². The number of ether oxygens (including phenoxy) is 4. The zero-order valence-corrected chi connectivity index (χ0v) is 21.2. The molecule has 1 aromatic rings. The predicted molar refractivity (Wildman–Crippen MR) is 126 cm³/mol. The molecule has 2 saturated heterocycles. The first kappa shape index (κ1) is 22.3. The van der Waals surface area contributed by atoms with Crippen LogP contribution in [0.1, 0.15) is 64.7 Å². The van der Waals surface area contributed by atoms with Crippen LogP contribution in [0.3, 0.4) is 0 Å². The molecule has 0 radical (unpaired) electrons. The molecular weight excluding hydrogens is 484 g/mol. The molecule has 2 saturated carbocycles. The van der Waals surface area contributed by atoms with E-state index in [1.165, 1.54) is 0 Å². The van der Waals surface area contributed by atoms with E-state index in [-0.39, 0.29) is 40.9 Å². The first-order valence-electron chi connectivity index (χ1n) is 12.3. The van der Waals surface area contributed by atoms with Crippen LogP contribution in [0.2, 0.25) is 0 Å². The summed E-state index contributed by atoms with van der Waals surface area (Å²) in [6, 6.07) is 8.24. The Hall–Kier alpha value is -1.21. The van der Waals surface area contributed by atoms with Crippen LogP contribution < -0.4 is 0 Å². The highest BCUT2D eigenvalue weighted by atomic mass is 79.9. The van der Waals surface area contributed by atoms with Gasteiger partial charge in [-0.3, -0.25) is 0 Å². The van der Waals surface area contributed by atoms with Gasteiger partial charge in [-0.2, -0.15) is 0 Å². The van der Waals surface area contributed by atoms with E-state index in [0.717, 1.165) is 47.7 Å². The van der Waals surface area contributed by atoms with Gasteiger partial charge in [0.2, 0.25) is 0 Å². The minimum absolute atomic E-state index is 0.0240. The Labute approximate surface area is 204 Å². The second-order valence-corrected chi connectivity index (χ2v) is 12.3. The van der Waals surface area contributed by atoms with Gasteiger partial charge in [-0.1, -0.05) is 41.9 Å². The Morgan fingerprint density at radius 2 is 1.79 bits per heavy atom. The summed E-state index contributed by atoms with van der Waals surface area (Å²) in [4.78, 5) is 12.2. The summed E-state index contributed by atoms with van der Waals surface area (Å²) < 4.78 is 25.9. The third-order valence-electron chi connectivity index (χ3n) is 9.67. The quantitative estimate of drug-likeness (QED) is 0.470. The molecule has 8 atom stereocenters. The zero-order chi connectivity index (χ0) is 23.0. The van der Waals surface area contributed by atoms with E-state index in [1.807, 2.05) is 18.2 Å². The van der Waals surface area contributed by atoms with E-state index < -0.39 is 0 Å². The molecule has 178 valence electrons. The largest absolute Gasteiger partial charge is 0.458 e. The summed E-state index contributed by atoms with van der Waals surface area (Å²) in [7, 11) is 0. The fourth-order valence-corrected chi connectivity index (χ4v) is 8.30. The molecule has 0 aromatic heterocycles. The molecule has 0 N–H and O–H groups in total. The number of carbonyl (C=O) groups excluding carboxylic acids is 1. The van der Waals surface area contributed by atoms with Gasteiger partial charge in [0.1, 0.15) is 6.61 Å². The molecule has 5 nitrogen and oxygen atoms in total. The van der Waals surface area contributed by atoms with Crippen LogP contribution in [-0.4, -0.2) is 37.0 Å². The van der Waals surface area contributed by atoms with E-state index in [2.05, 4.69) is 48.8 Å². The Balaban J connectivity index is 1.25. The second-order valence-electron chi connectivity index (χ2n) is 11.4. The van der Waals surface area contributed by atoms with Crippen molar-refractivity contribution < 1.29 is 23.7 Å². The van der Waals surface area contributed by atoms with Crippen molar-refractivity contribution in [3.63, 3.8) is 0 Å². The first-order valence-corrected chi connectivity index (χ1v) is 13.1. The molecule has 2 aliphatic carbocycles. The lowest BCUT2D eigenvalue weighted by atomic mass is 9.44. The minimum atomic E-state index is -0.297. The molecule has 0 spiro atoms. The maximum atomic E-state index is 12.2. The number of halogens is 1. The molecule has 0 amide bonds. The van der Waals surface area contributed by atoms with E-state index >= 15 is 0 Å². The number of hydrogen-bond acceptors (Lipinski definition) is 5. The topological polar surface area (TPSA) is 54.0 Å². The van der Waals surface area contributed by atoms with E-state index in [9.17, 15) is 4.79 Å². The number of cyclic esters (lactones) is 1. The van der Waals surface area contributed by atoms with Crippen LogP contribution >= 0.6 is 15.9 Å². The van der Waals surface area contributed by atoms with Crippen LogP contribution in [0, 0.1) is 22.7 Å². The minimum Gasteiger partial charge on any atom is -0.458 e. The summed E-state index contributed by atoms with van der Waals surface area (Å²) in [6.07, 6.45) is 6.81. The van der Waals surface area contributed by atoms with Gasteiger partial charge >= 0.3 is 5.97 Å². The Bertz CT molecular complexity index is 991. The van der Waals surface area contributed by atoms with Crippen molar-refractivity contribution in [1.29, 1.82) is 0 Å². The molecule has 0 bridgehead atoms. The molecule has 3 aliphatic heterocycles. The number of esters is 1. The third kappa shape index (κ3) is 3.31. The summed E-state index contributed by atoms with van der Waals surface area (Å²) in [6.45, 7) is 8.21.